The predicted molar refractivity (Wildman–Crippen MR) is 154 cm³/mol. The Morgan fingerprint density at radius 2 is 1.68 bits per heavy atom. The van der Waals surface area contributed by atoms with Gasteiger partial charge in [0.1, 0.15) is 5.82 Å². The van der Waals surface area contributed by atoms with E-state index in [1.54, 1.807) is 73.5 Å². The summed E-state index contributed by atoms with van der Waals surface area (Å²) in [5.41, 5.74) is 4.22. The van der Waals surface area contributed by atoms with Gasteiger partial charge in [0, 0.05) is 68.6 Å². The Balaban J connectivity index is 1.46. The van der Waals surface area contributed by atoms with E-state index in [2.05, 4.69) is 10.3 Å². The first-order valence-corrected chi connectivity index (χ1v) is 12.7. The van der Waals surface area contributed by atoms with E-state index in [9.17, 15) is 18.8 Å². The third-order valence-corrected chi connectivity index (χ3v) is 6.87. The number of carbonyl (C=O) groups is 2. The summed E-state index contributed by atoms with van der Waals surface area (Å²) in [5, 5.41) is 3.07. The molecule has 4 aromatic rings. The molecule has 1 fully saturated rings. The Kier molecular flexibility index (Phi) is 7.08. The van der Waals surface area contributed by atoms with E-state index in [1.165, 1.54) is 21.6 Å². The van der Waals surface area contributed by atoms with Crippen LogP contribution in [0.5, 0.6) is 0 Å². The van der Waals surface area contributed by atoms with Crippen LogP contribution in [0.2, 0.25) is 0 Å². The molecule has 2 heterocycles. The van der Waals surface area contributed by atoms with Crippen LogP contribution in [-0.4, -0.2) is 53.6 Å². The Bertz CT molecular complexity index is 1670. The van der Waals surface area contributed by atoms with Gasteiger partial charge >= 0.3 is 6.03 Å². The van der Waals surface area contributed by atoms with Crippen LogP contribution >= 0.6 is 0 Å². The molecular weight excluding hydrogens is 511 g/mol. The number of nitrogens with one attached hydrogen (secondary N) is 1. The first kappa shape index (κ1) is 26.6. The molecule has 40 heavy (non-hydrogen) atoms. The second-order valence-electron chi connectivity index (χ2n) is 9.81. The fraction of sp³-hybridized carbons (Fsp3) is 0.200. The smallest absolute Gasteiger partial charge is 0.329 e. The van der Waals surface area contributed by atoms with E-state index in [1.807, 2.05) is 25.1 Å². The molecule has 204 valence electrons. The van der Waals surface area contributed by atoms with Crippen molar-refractivity contribution in [2.75, 3.05) is 42.3 Å². The number of hydrogen-bond acceptors (Lipinski definition) is 5. The fourth-order valence-electron chi connectivity index (χ4n) is 4.76. The van der Waals surface area contributed by atoms with Gasteiger partial charge in [-0.1, -0.05) is 18.2 Å². The molecule has 1 aliphatic rings. The summed E-state index contributed by atoms with van der Waals surface area (Å²) in [6.45, 7) is 2.85. The lowest BCUT2D eigenvalue weighted by Crippen LogP contribution is -2.32. The van der Waals surface area contributed by atoms with Gasteiger partial charge in [-0.25, -0.2) is 14.2 Å². The van der Waals surface area contributed by atoms with Gasteiger partial charge in [-0.2, -0.15) is 0 Å². The summed E-state index contributed by atoms with van der Waals surface area (Å²) in [6.07, 6.45) is 1.66. The molecule has 0 unspecified atom stereocenters. The molecule has 1 aliphatic heterocycles. The van der Waals surface area contributed by atoms with E-state index < -0.39 is 0 Å². The number of aromatic nitrogens is 2. The number of amides is 3. The van der Waals surface area contributed by atoms with Gasteiger partial charge in [0.2, 0.25) is 0 Å². The first-order valence-electron chi connectivity index (χ1n) is 12.7. The quantitative estimate of drug-likeness (QED) is 0.380. The summed E-state index contributed by atoms with van der Waals surface area (Å²) >= 11 is 0. The van der Waals surface area contributed by atoms with Gasteiger partial charge in [0.25, 0.3) is 11.5 Å². The van der Waals surface area contributed by atoms with Crippen LogP contribution < -0.4 is 20.7 Å². The average molecular weight is 541 g/mol. The molecule has 0 aliphatic carbocycles. The second-order valence-corrected chi connectivity index (χ2v) is 9.81. The highest BCUT2D eigenvalue weighted by molar-refractivity contribution is 6.07. The van der Waals surface area contributed by atoms with E-state index in [0.717, 1.165) is 16.8 Å². The van der Waals surface area contributed by atoms with Crippen molar-refractivity contribution in [2.24, 2.45) is 7.05 Å². The Labute approximate surface area is 231 Å². The SMILES string of the molecule is Cc1c(-c2cn(C)c(=O)c(Nc3cccc(C(=O)N(C)C)c3)n2)cccc1N1CCN(c2ccc(F)cc2)C1=O. The zero-order valence-corrected chi connectivity index (χ0v) is 22.7. The van der Waals surface area contributed by atoms with Gasteiger partial charge in [-0.15, -0.1) is 0 Å². The molecule has 3 aromatic carbocycles. The number of halogens is 1. The highest BCUT2D eigenvalue weighted by atomic mass is 19.1. The lowest BCUT2D eigenvalue weighted by molar-refractivity contribution is 0.0827. The molecule has 1 aromatic heterocycles. The standard InChI is InChI=1S/C30H29FN6O3/c1-19-24(9-6-10-26(19)37-16-15-36(30(37)40)23-13-11-21(31)12-14-23)25-18-35(4)29(39)27(33-25)32-22-8-5-7-20(17-22)28(38)34(2)3/h5-14,17-18H,15-16H2,1-4H3,(H,32,33). The van der Waals surface area contributed by atoms with Crippen LogP contribution in [0.15, 0.2) is 77.7 Å². The highest BCUT2D eigenvalue weighted by Gasteiger charge is 2.32. The number of hydrogen-bond donors (Lipinski definition) is 1. The topological polar surface area (TPSA) is 90.8 Å². The number of aryl methyl sites for hydroxylation is 1. The number of rotatable bonds is 6. The van der Waals surface area contributed by atoms with Crippen molar-refractivity contribution >= 4 is 34.8 Å². The maximum atomic E-state index is 13.4. The van der Waals surface area contributed by atoms with E-state index in [0.29, 0.717) is 35.7 Å². The van der Waals surface area contributed by atoms with Crippen molar-refractivity contribution in [2.45, 2.75) is 6.92 Å². The Morgan fingerprint density at radius 3 is 2.40 bits per heavy atom. The molecule has 10 heteroatoms. The maximum Gasteiger partial charge on any atom is 0.329 e. The van der Waals surface area contributed by atoms with Gasteiger partial charge < -0.3 is 14.8 Å². The molecule has 9 nitrogen and oxygen atoms in total. The van der Waals surface area contributed by atoms with Gasteiger partial charge in [-0.3, -0.25) is 19.4 Å². The van der Waals surface area contributed by atoms with Gasteiger partial charge in [-0.05, 0) is 61.0 Å². The van der Waals surface area contributed by atoms with Crippen LogP contribution in [0.1, 0.15) is 15.9 Å². The van der Waals surface area contributed by atoms with Crippen molar-refractivity contribution in [3.8, 4) is 11.3 Å². The third kappa shape index (κ3) is 5.03. The van der Waals surface area contributed by atoms with E-state index in [4.69, 9.17) is 0 Å². The third-order valence-electron chi connectivity index (χ3n) is 6.87. The van der Waals surface area contributed by atoms with Crippen molar-refractivity contribution in [3.63, 3.8) is 0 Å². The van der Waals surface area contributed by atoms with Crippen molar-refractivity contribution in [1.82, 2.24) is 14.5 Å². The van der Waals surface area contributed by atoms with Crippen LogP contribution in [0.25, 0.3) is 11.3 Å². The summed E-state index contributed by atoms with van der Waals surface area (Å²) in [5.74, 6) is -0.400. The molecule has 1 N–H and O–H groups in total. The molecule has 0 atom stereocenters. The van der Waals surface area contributed by atoms with Crippen molar-refractivity contribution in [1.29, 1.82) is 0 Å². The highest BCUT2D eigenvalue weighted by Crippen LogP contribution is 2.33. The van der Waals surface area contributed by atoms with Crippen LogP contribution in [0.3, 0.4) is 0 Å². The fourth-order valence-corrected chi connectivity index (χ4v) is 4.76. The van der Waals surface area contributed by atoms with Gasteiger partial charge in [0.05, 0.1) is 5.69 Å². The van der Waals surface area contributed by atoms with Crippen LogP contribution in [0.4, 0.5) is 32.1 Å². The molecule has 3 amide bonds. The minimum Gasteiger partial charge on any atom is -0.345 e. The van der Waals surface area contributed by atoms with E-state index in [-0.39, 0.29) is 29.1 Å². The summed E-state index contributed by atoms with van der Waals surface area (Å²) < 4.78 is 14.8. The van der Waals surface area contributed by atoms with Crippen molar-refractivity contribution < 1.29 is 14.0 Å². The van der Waals surface area contributed by atoms with Gasteiger partial charge in [0.15, 0.2) is 5.82 Å². The normalized spacial score (nSPS) is 13.1. The average Bonchev–Trinajstić information content (AvgIpc) is 3.32. The summed E-state index contributed by atoms with van der Waals surface area (Å²) in [6, 6.07) is 18.2. The number of urea groups is 1. The number of benzene rings is 3. The molecule has 0 bridgehead atoms. The van der Waals surface area contributed by atoms with E-state index >= 15 is 0 Å². The first-order chi connectivity index (χ1) is 19.1. The Hall–Kier alpha value is -4.99. The summed E-state index contributed by atoms with van der Waals surface area (Å²) in [7, 11) is 5.00. The number of anilines is 4. The van der Waals surface area contributed by atoms with Crippen molar-refractivity contribution in [3.05, 3.63) is 100 Å². The monoisotopic (exact) mass is 540 g/mol. The molecule has 1 saturated heterocycles. The molecular formula is C30H29FN6O3. The number of carbonyl (C=O) groups excluding carboxylic acids is 2. The minimum absolute atomic E-state index is 0.110. The zero-order valence-electron chi connectivity index (χ0n) is 22.7. The minimum atomic E-state index is -0.357. The molecule has 5 rings (SSSR count). The van der Waals surface area contributed by atoms with Crippen LogP contribution in [0, 0.1) is 12.7 Å². The summed E-state index contributed by atoms with van der Waals surface area (Å²) in [4.78, 5) is 48.1. The maximum absolute atomic E-state index is 13.4. The zero-order chi connectivity index (χ0) is 28.6. The predicted octanol–water partition coefficient (Wildman–Crippen LogP) is 4.79. The second kappa shape index (κ2) is 10.6. The number of nitrogens with zero attached hydrogens (tertiary/aromatic N) is 5. The lowest BCUT2D eigenvalue weighted by atomic mass is 10.0. The largest absolute Gasteiger partial charge is 0.345 e. The molecule has 0 saturated carbocycles. The van der Waals surface area contributed by atoms with Crippen LogP contribution in [-0.2, 0) is 7.05 Å². The molecule has 0 radical (unpaired) electrons. The Morgan fingerprint density at radius 1 is 0.975 bits per heavy atom. The lowest BCUT2D eigenvalue weighted by Gasteiger charge is -2.22. The molecule has 0 spiro atoms.